The molecule has 4 heteroatoms. The Balaban J connectivity index is 1.71. The fourth-order valence-electron chi connectivity index (χ4n) is 2.83. The molecule has 0 unspecified atom stereocenters. The third kappa shape index (κ3) is 4.23. The highest BCUT2D eigenvalue weighted by Gasteiger charge is 2.18. The summed E-state index contributed by atoms with van der Waals surface area (Å²) >= 11 is 0. The molecule has 20 heavy (non-hydrogen) atoms. The normalized spacial score (nSPS) is 22.3. The number of carbonyl (C=O) groups excluding carboxylic acids is 1. The van der Waals surface area contributed by atoms with Crippen molar-refractivity contribution in [3.8, 4) is 0 Å². The van der Waals surface area contributed by atoms with Gasteiger partial charge < -0.3 is 10.7 Å². The van der Waals surface area contributed by atoms with E-state index < -0.39 is 0 Å². The molecule has 4 N–H and O–H groups in total. The highest BCUT2D eigenvalue weighted by molar-refractivity contribution is 5.94. The van der Waals surface area contributed by atoms with Crippen LogP contribution < -0.4 is 16.6 Å². The van der Waals surface area contributed by atoms with Crippen molar-refractivity contribution < 1.29 is 4.79 Å². The molecule has 1 aromatic rings. The van der Waals surface area contributed by atoms with E-state index in [1.165, 1.54) is 25.7 Å². The Morgan fingerprint density at radius 1 is 1.20 bits per heavy atom. The van der Waals surface area contributed by atoms with Gasteiger partial charge in [0.25, 0.3) is 5.91 Å². The maximum Gasteiger partial charge on any atom is 0.251 e. The second-order valence-corrected chi connectivity index (χ2v) is 5.89. The lowest BCUT2D eigenvalue weighted by molar-refractivity contribution is 0.0949. The maximum atomic E-state index is 12.0. The molecule has 4 nitrogen and oxygen atoms in total. The lowest BCUT2D eigenvalue weighted by Crippen LogP contribution is -2.26. The third-order valence-corrected chi connectivity index (χ3v) is 4.29. The van der Waals surface area contributed by atoms with E-state index in [2.05, 4.69) is 17.7 Å². The topological polar surface area (TPSA) is 67.2 Å². The Labute approximate surface area is 121 Å². The van der Waals surface area contributed by atoms with Gasteiger partial charge in [-0.2, -0.15) is 0 Å². The average Bonchev–Trinajstić information content (AvgIpc) is 2.49. The van der Waals surface area contributed by atoms with Gasteiger partial charge in [0, 0.05) is 17.8 Å². The van der Waals surface area contributed by atoms with E-state index in [0.29, 0.717) is 5.56 Å². The number of hydrogen-bond acceptors (Lipinski definition) is 3. The minimum absolute atomic E-state index is 0.00208. The number of carbonyl (C=O) groups is 1. The summed E-state index contributed by atoms with van der Waals surface area (Å²) < 4.78 is 0. The van der Waals surface area contributed by atoms with Crippen molar-refractivity contribution in [1.82, 2.24) is 5.32 Å². The summed E-state index contributed by atoms with van der Waals surface area (Å²) in [6.45, 7) is 3.10. The second kappa shape index (κ2) is 7.29. The monoisotopic (exact) mass is 275 g/mol. The van der Waals surface area contributed by atoms with Crippen LogP contribution in [0.15, 0.2) is 24.3 Å². The van der Waals surface area contributed by atoms with Gasteiger partial charge in [-0.15, -0.1) is 0 Å². The number of anilines is 1. The molecule has 0 saturated heterocycles. The van der Waals surface area contributed by atoms with Gasteiger partial charge >= 0.3 is 0 Å². The van der Waals surface area contributed by atoms with Crippen LogP contribution in [0.1, 0.15) is 49.4 Å². The average molecular weight is 275 g/mol. The molecule has 0 atom stereocenters. The Morgan fingerprint density at radius 3 is 2.45 bits per heavy atom. The van der Waals surface area contributed by atoms with Crippen LogP contribution in [0, 0.1) is 11.8 Å². The summed E-state index contributed by atoms with van der Waals surface area (Å²) in [5.74, 6) is 6.97. The van der Waals surface area contributed by atoms with E-state index in [4.69, 9.17) is 5.84 Å². The van der Waals surface area contributed by atoms with Gasteiger partial charge in [0.05, 0.1) is 0 Å². The lowest BCUT2D eigenvalue weighted by Gasteiger charge is -2.26. The molecule has 1 fully saturated rings. The Bertz CT molecular complexity index is 422. The van der Waals surface area contributed by atoms with Crippen molar-refractivity contribution in [2.24, 2.45) is 17.7 Å². The van der Waals surface area contributed by atoms with Crippen molar-refractivity contribution in [1.29, 1.82) is 0 Å². The number of rotatable bonds is 5. The minimum Gasteiger partial charge on any atom is -0.352 e. The van der Waals surface area contributed by atoms with E-state index in [1.807, 2.05) is 0 Å². The zero-order valence-corrected chi connectivity index (χ0v) is 12.2. The van der Waals surface area contributed by atoms with Crippen LogP contribution in [0.5, 0.6) is 0 Å². The number of nitrogens with one attached hydrogen (secondary N) is 2. The van der Waals surface area contributed by atoms with Crippen molar-refractivity contribution >= 4 is 11.6 Å². The molecule has 0 aliphatic heterocycles. The zero-order valence-electron chi connectivity index (χ0n) is 12.2. The third-order valence-electron chi connectivity index (χ3n) is 4.29. The molecule has 110 valence electrons. The number of nitrogen functional groups attached to an aromatic ring is 1. The first kappa shape index (κ1) is 14.9. The van der Waals surface area contributed by atoms with E-state index in [-0.39, 0.29) is 5.91 Å². The summed E-state index contributed by atoms with van der Waals surface area (Å²) in [5, 5.41) is 3.00. The summed E-state index contributed by atoms with van der Waals surface area (Å²) in [5.41, 5.74) is 4.04. The van der Waals surface area contributed by atoms with E-state index in [1.54, 1.807) is 24.3 Å². The fraction of sp³-hybridized carbons (Fsp3) is 0.562. The molecular weight excluding hydrogens is 250 g/mol. The smallest absolute Gasteiger partial charge is 0.251 e. The standard InChI is InChI=1S/C16H25N3O/c1-12-2-4-13(5-3-12)10-11-18-16(20)14-6-8-15(19-17)9-7-14/h6-9,12-13,19H,2-5,10-11,17H2,1H3,(H,18,20). The maximum absolute atomic E-state index is 12.0. The highest BCUT2D eigenvalue weighted by atomic mass is 16.1. The van der Waals surface area contributed by atoms with Crippen LogP contribution in [0.4, 0.5) is 5.69 Å². The Kier molecular flexibility index (Phi) is 5.41. The first-order valence-corrected chi connectivity index (χ1v) is 7.54. The second-order valence-electron chi connectivity index (χ2n) is 5.89. The molecule has 1 saturated carbocycles. The molecule has 0 aromatic heterocycles. The van der Waals surface area contributed by atoms with Crippen molar-refractivity contribution in [2.75, 3.05) is 12.0 Å². The van der Waals surface area contributed by atoms with Gasteiger partial charge in [-0.1, -0.05) is 32.6 Å². The first-order chi connectivity index (χ1) is 9.69. The zero-order chi connectivity index (χ0) is 14.4. The number of benzene rings is 1. The molecule has 0 spiro atoms. The lowest BCUT2D eigenvalue weighted by atomic mass is 9.81. The van der Waals surface area contributed by atoms with Gasteiger partial charge in [-0.25, -0.2) is 0 Å². The number of amides is 1. The Hall–Kier alpha value is -1.55. The van der Waals surface area contributed by atoms with Gasteiger partial charge in [0.15, 0.2) is 0 Å². The van der Waals surface area contributed by atoms with Crippen molar-refractivity contribution in [3.63, 3.8) is 0 Å². The predicted octanol–water partition coefficient (Wildman–Crippen LogP) is 2.92. The molecule has 2 rings (SSSR count). The van der Waals surface area contributed by atoms with E-state index >= 15 is 0 Å². The van der Waals surface area contributed by atoms with Crippen LogP contribution in [0.25, 0.3) is 0 Å². The summed E-state index contributed by atoms with van der Waals surface area (Å²) in [6, 6.07) is 7.18. The Morgan fingerprint density at radius 2 is 1.85 bits per heavy atom. The summed E-state index contributed by atoms with van der Waals surface area (Å²) in [4.78, 5) is 12.0. The first-order valence-electron chi connectivity index (χ1n) is 7.54. The van der Waals surface area contributed by atoms with Crippen molar-refractivity contribution in [2.45, 2.75) is 39.0 Å². The van der Waals surface area contributed by atoms with Crippen LogP contribution >= 0.6 is 0 Å². The van der Waals surface area contributed by atoms with Crippen LogP contribution in [-0.4, -0.2) is 12.5 Å². The van der Waals surface area contributed by atoms with Crippen LogP contribution in [0.2, 0.25) is 0 Å². The molecule has 1 amide bonds. The quantitative estimate of drug-likeness (QED) is 0.572. The molecule has 1 aliphatic rings. The van der Waals surface area contributed by atoms with Gasteiger partial charge in [-0.05, 0) is 42.5 Å². The summed E-state index contributed by atoms with van der Waals surface area (Å²) in [7, 11) is 0. The molecular formula is C16H25N3O. The van der Waals surface area contributed by atoms with Crippen LogP contribution in [0.3, 0.4) is 0 Å². The van der Waals surface area contributed by atoms with Gasteiger partial charge in [-0.3, -0.25) is 10.6 Å². The summed E-state index contributed by atoms with van der Waals surface area (Å²) in [6.07, 6.45) is 6.40. The molecule has 1 aliphatic carbocycles. The SMILES string of the molecule is CC1CCC(CCNC(=O)c2ccc(NN)cc2)CC1. The highest BCUT2D eigenvalue weighted by Crippen LogP contribution is 2.29. The van der Waals surface area contributed by atoms with Gasteiger partial charge in [0.1, 0.15) is 0 Å². The molecule has 1 aromatic carbocycles. The fourth-order valence-corrected chi connectivity index (χ4v) is 2.83. The molecule has 0 radical (unpaired) electrons. The molecule has 0 heterocycles. The number of nitrogens with two attached hydrogens (primary N) is 1. The minimum atomic E-state index is -0.00208. The van der Waals surface area contributed by atoms with Gasteiger partial charge in [0.2, 0.25) is 0 Å². The number of hydrazine groups is 1. The van der Waals surface area contributed by atoms with E-state index in [0.717, 1.165) is 30.5 Å². The largest absolute Gasteiger partial charge is 0.352 e. The van der Waals surface area contributed by atoms with Crippen molar-refractivity contribution in [3.05, 3.63) is 29.8 Å². The number of hydrogen-bond donors (Lipinski definition) is 3. The van der Waals surface area contributed by atoms with E-state index in [9.17, 15) is 4.79 Å². The predicted molar refractivity (Wildman–Crippen MR) is 82.3 cm³/mol. The van der Waals surface area contributed by atoms with Crippen LogP contribution in [-0.2, 0) is 0 Å². The molecule has 0 bridgehead atoms.